The molecular formula is C18H13F3INO2. The van der Waals surface area contributed by atoms with Crippen molar-refractivity contribution in [2.24, 2.45) is 0 Å². The van der Waals surface area contributed by atoms with Crippen molar-refractivity contribution in [1.82, 2.24) is 2.78 Å². The molecule has 0 amide bonds. The second-order valence-corrected chi connectivity index (χ2v) is 6.34. The Labute approximate surface area is 155 Å². The van der Waals surface area contributed by atoms with Crippen LogP contribution in [0.2, 0.25) is 0 Å². The first kappa shape index (κ1) is 17.8. The van der Waals surface area contributed by atoms with E-state index in [1.807, 2.05) is 41.1 Å². The van der Waals surface area contributed by atoms with E-state index in [1.54, 1.807) is 15.8 Å². The Kier molecular flexibility index (Phi) is 4.77. The van der Waals surface area contributed by atoms with Crippen molar-refractivity contribution >= 4 is 39.7 Å². The lowest BCUT2D eigenvalue weighted by Crippen LogP contribution is -2.06. The van der Waals surface area contributed by atoms with Gasteiger partial charge in [0.15, 0.2) is 0 Å². The van der Waals surface area contributed by atoms with Crippen LogP contribution in [0.1, 0.15) is 23.0 Å². The number of ether oxygens (including phenoxy) is 1. The van der Waals surface area contributed by atoms with Crippen molar-refractivity contribution in [3.63, 3.8) is 0 Å². The van der Waals surface area contributed by atoms with Crippen molar-refractivity contribution in [2.75, 3.05) is 6.61 Å². The van der Waals surface area contributed by atoms with Crippen molar-refractivity contribution in [3.05, 3.63) is 59.8 Å². The first-order valence-electron chi connectivity index (χ1n) is 7.47. The van der Waals surface area contributed by atoms with Crippen LogP contribution < -0.4 is 0 Å². The van der Waals surface area contributed by atoms with Gasteiger partial charge in [0.2, 0.25) is 0 Å². The highest BCUT2D eigenvalue weighted by Gasteiger charge is 2.30. The smallest absolute Gasteiger partial charge is 0.416 e. The largest absolute Gasteiger partial charge is 0.461 e. The maximum absolute atomic E-state index is 12.7. The molecule has 1 aromatic heterocycles. The van der Waals surface area contributed by atoms with E-state index in [4.69, 9.17) is 4.74 Å². The van der Waals surface area contributed by atoms with E-state index < -0.39 is 17.7 Å². The molecule has 0 N–H and O–H groups in total. The number of alkyl halides is 3. The van der Waals surface area contributed by atoms with Gasteiger partial charge in [0, 0.05) is 5.39 Å². The summed E-state index contributed by atoms with van der Waals surface area (Å²) in [6, 6.07) is 12.2. The summed E-state index contributed by atoms with van der Waals surface area (Å²) in [4.78, 5) is 12.0. The molecule has 0 spiro atoms. The molecule has 0 aliphatic rings. The third kappa shape index (κ3) is 3.51. The summed E-state index contributed by atoms with van der Waals surface area (Å²) in [5.41, 5.74) is 2.02. The zero-order valence-electron chi connectivity index (χ0n) is 13.1. The lowest BCUT2D eigenvalue weighted by atomic mass is 10.0. The van der Waals surface area contributed by atoms with Gasteiger partial charge in [-0.15, -0.1) is 0 Å². The Balaban J connectivity index is 2.00. The van der Waals surface area contributed by atoms with E-state index >= 15 is 0 Å². The van der Waals surface area contributed by atoms with Crippen LogP contribution in [0.3, 0.4) is 0 Å². The van der Waals surface area contributed by atoms with Gasteiger partial charge in [0.25, 0.3) is 0 Å². The molecule has 0 saturated heterocycles. The van der Waals surface area contributed by atoms with Crippen LogP contribution in [0.25, 0.3) is 22.0 Å². The monoisotopic (exact) mass is 459 g/mol. The normalized spacial score (nSPS) is 11.7. The van der Waals surface area contributed by atoms with Crippen LogP contribution in [0.5, 0.6) is 0 Å². The number of nitrogens with zero attached hydrogens (tertiary/aromatic N) is 1. The second kappa shape index (κ2) is 6.70. The Morgan fingerprint density at radius 1 is 1.08 bits per heavy atom. The lowest BCUT2D eigenvalue weighted by molar-refractivity contribution is -0.137. The number of aromatic nitrogens is 1. The molecule has 3 aromatic rings. The molecule has 0 aliphatic carbocycles. The Morgan fingerprint density at radius 2 is 1.72 bits per heavy atom. The minimum Gasteiger partial charge on any atom is -0.461 e. The summed E-state index contributed by atoms with van der Waals surface area (Å²) >= 11 is 2.02. The van der Waals surface area contributed by atoms with Crippen LogP contribution in [-0.4, -0.2) is 15.4 Å². The Hall–Kier alpha value is -2.03. The fraction of sp³-hybridized carbons (Fsp3) is 0.167. The van der Waals surface area contributed by atoms with Crippen LogP contribution in [0.4, 0.5) is 13.2 Å². The van der Waals surface area contributed by atoms with E-state index in [2.05, 4.69) is 0 Å². The summed E-state index contributed by atoms with van der Waals surface area (Å²) in [5.74, 6) is -0.413. The van der Waals surface area contributed by atoms with Gasteiger partial charge in [0.05, 0.1) is 40.6 Å². The van der Waals surface area contributed by atoms with E-state index in [0.29, 0.717) is 11.3 Å². The number of carbonyl (C=O) groups excluding carboxylic acids is 1. The molecule has 1 heterocycles. The number of benzene rings is 2. The average molecular weight is 459 g/mol. The summed E-state index contributed by atoms with van der Waals surface area (Å²) in [6.45, 7) is 2.02. The van der Waals surface area contributed by atoms with Crippen molar-refractivity contribution < 1.29 is 22.7 Å². The first-order valence-corrected chi connectivity index (χ1v) is 8.44. The van der Waals surface area contributed by atoms with Gasteiger partial charge in [-0.1, -0.05) is 18.2 Å². The molecule has 3 rings (SSSR count). The number of halogens is 4. The van der Waals surface area contributed by atoms with Crippen LogP contribution in [-0.2, 0) is 10.9 Å². The Morgan fingerprint density at radius 3 is 2.32 bits per heavy atom. The van der Waals surface area contributed by atoms with E-state index in [9.17, 15) is 18.0 Å². The van der Waals surface area contributed by atoms with E-state index in [-0.39, 0.29) is 6.61 Å². The third-order valence-corrected chi connectivity index (χ3v) is 4.81. The van der Waals surface area contributed by atoms with Crippen LogP contribution in [0.15, 0.2) is 48.5 Å². The molecular weight excluding hydrogens is 446 g/mol. The average Bonchev–Trinajstić information content (AvgIpc) is 2.91. The molecule has 0 atom stereocenters. The Bertz CT molecular complexity index is 930. The molecule has 2 aromatic carbocycles. The van der Waals surface area contributed by atoms with Crippen molar-refractivity contribution in [3.8, 4) is 11.1 Å². The number of carbonyl (C=O) groups is 1. The molecule has 7 heteroatoms. The minimum absolute atomic E-state index is 0.286. The molecule has 0 unspecified atom stereocenters. The van der Waals surface area contributed by atoms with Gasteiger partial charge < -0.3 is 4.74 Å². The summed E-state index contributed by atoms with van der Waals surface area (Å²) in [6.07, 6.45) is -4.35. The molecule has 0 saturated carbocycles. The lowest BCUT2D eigenvalue weighted by Gasteiger charge is -2.08. The maximum atomic E-state index is 12.7. The number of esters is 1. The second-order valence-electron chi connectivity index (χ2n) is 5.38. The highest BCUT2D eigenvalue weighted by molar-refractivity contribution is 14.1. The van der Waals surface area contributed by atoms with Crippen molar-refractivity contribution in [2.45, 2.75) is 13.1 Å². The maximum Gasteiger partial charge on any atom is 0.416 e. The van der Waals surface area contributed by atoms with Gasteiger partial charge in [0.1, 0.15) is 5.69 Å². The molecule has 130 valence electrons. The first-order chi connectivity index (χ1) is 11.8. The fourth-order valence-electron chi connectivity index (χ4n) is 2.56. The van der Waals surface area contributed by atoms with Gasteiger partial charge in [-0.2, -0.15) is 13.2 Å². The summed E-state index contributed by atoms with van der Waals surface area (Å²) in [5, 5.41) is 0.815. The molecule has 0 aliphatic heterocycles. The quantitative estimate of drug-likeness (QED) is 0.372. The summed E-state index contributed by atoms with van der Waals surface area (Å²) < 4.78 is 44.7. The molecule has 25 heavy (non-hydrogen) atoms. The van der Waals surface area contributed by atoms with Gasteiger partial charge in [-0.25, -0.2) is 4.79 Å². The topological polar surface area (TPSA) is 31.2 Å². The number of fused-ring (bicyclic) bond motifs is 1. The van der Waals surface area contributed by atoms with E-state index in [1.165, 1.54) is 12.1 Å². The third-order valence-electron chi connectivity index (χ3n) is 3.77. The van der Waals surface area contributed by atoms with Gasteiger partial charge in [-0.3, -0.25) is 2.78 Å². The number of hydrogen-bond acceptors (Lipinski definition) is 2. The predicted octanol–water partition coefficient (Wildman–Crippen LogP) is 5.70. The fourth-order valence-corrected chi connectivity index (χ4v) is 3.33. The zero-order valence-corrected chi connectivity index (χ0v) is 15.3. The van der Waals surface area contributed by atoms with Crippen LogP contribution in [0, 0.1) is 0 Å². The standard InChI is InChI=1S/C18H13F3INO2/c1-2-25-17(24)16-10-13-9-12(5-8-15(13)23(16)22)11-3-6-14(7-4-11)18(19,20)21/h3-10H,2H2,1H3. The van der Waals surface area contributed by atoms with Gasteiger partial charge in [-0.05, 0) is 48.4 Å². The van der Waals surface area contributed by atoms with Gasteiger partial charge >= 0.3 is 12.1 Å². The van der Waals surface area contributed by atoms with Crippen LogP contribution >= 0.6 is 22.9 Å². The summed E-state index contributed by atoms with van der Waals surface area (Å²) in [7, 11) is 0. The molecule has 0 fully saturated rings. The molecule has 3 nitrogen and oxygen atoms in total. The number of hydrogen-bond donors (Lipinski definition) is 0. The highest BCUT2D eigenvalue weighted by atomic mass is 127. The SMILES string of the molecule is CCOC(=O)c1cc2cc(-c3ccc(C(F)(F)F)cc3)ccc2n1I. The highest BCUT2D eigenvalue weighted by Crippen LogP contribution is 2.32. The predicted molar refractivity (Wildman–Crippen MR) is 97.8 cm³/mol. The number of rotatable bonds is 3. The van der Waals surface area contributed by atoms with E-state index in [0.717, 1.165) is 28.6 Å². The molecule has 0 radical (unpaired) electrons. The van der Waals surface area contributed by atoms with Crippen molar-refractivity contribution in [1.29, 1.82) is 0 Å². The zero-order chi connectivity index (χ0) is 18.2. The minimum atomic E-state index is -4.35. The molecule has 0 bridgehead atoms.